The smallest absolute Gasteiger partial charge is 0.0257 e. The van der Waals surface area contributed by atoms with E-state index in [0.29, 0.717) is 0 Å². The molecule has 0 heteroatoms. The molecule has 0 aromatic heterocycles. The first-order chi connectivity index (χ1) is 5.18. The molecule has 0 aliphatic carbocycles. The minimum absolute atomic E-state index is 1.29. The Morgan fingerprint density at radius 3 is 2.09 bits per heavy atom. The van der Waals surface area contributed by atoms with Gasteiger partial charge in [0.05, 0.1) is 0 Å². The van der Waals surface area contributed by atoms with Crippen LogP contribution in [0.25, 0.3) is 6.08 Å². The van der Waals surface area contributed by atoms with Crippen molar-refractivity contribution in [3.8, 4) is 0 Å². The third-order valence-electron chi connectivity index (χ3n) is 1.53. The van der Waals surface area contributed by atoms with Crippen LogP contribution in [0.3, 0.4) is 0 Å². The van der Waals surface area contributed by atoms with E-state index < -0.39 is 0 Å². The quantitative estimate of drug-likeness (QED) is 0.569. The van der Waals surface area contributed by atoms with Crippen molar-refractivity contribution in [1.82, 2.24) is 0 Å². The molecule has 0 atom stereocenters. The summed E-state index contributed by atoms with van der Waals surface area (Å²) in [6.07, 6.45) is 2.18. The fraction of sp³-hybridized carbons (Fsp3) is 0.273. The molecule has 1 aromatic carbocycles. The first-order valence-corrected chi connectivity index (χ1v) is 3.90. The second-order valence-corrected chi connectivity index (χ2v) is 3.13. The van der Waals surface area contributed by atoms with Crippen LogP contribution in [0.15, 0.2) is 29.8 Å². The molecule has 0 saturated heterocycles. The lowest BCUT2D eigenvalue weighted by Gasteiger charge is -1.95. The highest BCUT2D eigenvalue weighted by molar-refractivity contribution is 5.52. The molecule has 0 heterocycles. The van der Waals surface area contributed by atoms with Gasteiger partial charge in [-0.05, 0) is 26.3 Å². The van der Waals surface area contributed by atoms with Crippen molar-refractivity contribution in [3.05, 3.63) is 41.0 Å². The van der Waals surface area contributed by atoms with E-state index in [1.54, 1.807) is 0 Å². The fourth-order valence-corrected chi connectivity index (χ4v) is 0.996. The number of aryl methyl sites for hydroxylation is 1. The molecule has 0 N–H and O–H groups in total. The van der Waals surface area contributed by atoms with Gasteiger partial charge in [0, 0.05) is 0 Å². The standard InChI is InChI=1S/C11H14/c1-9(2)8-11-6-4-10(3)5-7-11/h4-8H,1-3H3. The van der Waals surface area contributed by atoms with Crippen LogP contribution in [0.4, 0.5) is 0 Å². The summed E-state index contributed by atoms with van der Waals surface area (Å²) < 4.78 is 0. The molecule has 58 valence electrons. The molecule has 0 unspecified atom stereocenters. The minimum atomic E-state index is 1.29. The van der Waals surface area contributed by atoms with Crippen molar-refractivity contribution in [2.45, 2.75) is 20.8 Å². The molecule has 0 nitrogen and oxygen atoms in total. The second-order valence-electron chi connectivity index (χ2n) is 3.13. The molecule has 1 rings (SSSR count). The predicted octanol–water partition coefficient (Wildman–Crippen LogP) is 3.42. The van der Waals surface area contributed by atoms with Crippen molar-refractivity contribution in [2.24, 2.45) is 0 Å². The van der Waals surface area contributed by atoms with Crippen LogP contribution in [0, 0.1) is 6.92 Å². The Hall–Kier alpha value is -1.04. The Morgan fingerprint density at radius 2 is 1.64 bits per heavy atom. The highest BCUT2D eigenvalue weighted by Crippen LogP contribution is 2.07. The first-order valence-electron chi connectivity index (χ1n) is 3.90. The van der Waals surface area contributed by atoms with Crippen LogP contribution in [0.2, 0.25) is 0 Å². The Morgan fingerprint density at radius 1 is 1.09 bits per heavy atom. The molecule has 0 radical (unpaired) electrons. The van der Waals surface area contributed by atoms with Gasteiger partial charge in [-0.3, -0.25) is 0 Å². The van der Waals surface area contributed by atoms with Gasteiger partial charge in [-0.15, -0.1) is 0 Å². The summed E-state index contributed by atoms with van der Waals surface area (Å²) in [6.45, 7) is 6.33. The van der Waals surface area contributed by atoms with Crippen LogP contribution >= 0.6 is 0 Å². The average Bonchev–Trinajstić information content (AvgIpc) is 1.93. The van der Waals surface area contributed by atoms with Crippen molar-refractivity contribution >= 4 is 6.08 Å². The molecule has 0 bridgehead atoms. The molecule has 0 spiro atoms. The number of hydrogen-bond donors (Lipinski definition) is 0. The molecule has 0 saturated carbocycles. The lowest BCUT2D eigenvalue weighted by molar-refractivity contribution is 1.41. The topological polar surface area (TPSA) is 0 Å². The van der Waals surface area contributed by atoms with E-state index in [1.165, 1.54) is 16.7 Å². The van der Waals surface area contributed by atoms with Gasteiger partial charge in [0.25, 0.3) is 0 Å². The van der Waals surface area contributed by atoms with E-state index in [-0.39, 0.29) is 0 Å². The van der Waals surface area contributed by atoms with Crippen molar-refractivity contribution < 1.29 is 0 Å². The van der Waals surface area contributed by atoms with Crippen molar-refractivity contribution in [2.75, 3.05) is 0 Å². The molecule has 0 aliphatic rings. The van der Waals surface area contributed by atoms with Gasteiger partial charge < -0.3 is 0 Å². The summed E-state index contributed by atoms with van der Waals surface area (Å²) in [5, 5.41) is 0. The van der Waals surface area contributed by atoms with Gasteiger partial charge >= 0.3 is 0 Å². The van der Waals surface area contributed by atoms with Crippen LogP contribution in [0.1, 0.15) is 25.0 Å². The third-order valence-corrected chi connectivity index (χ3v) is 1.53. The number of rotatable bonds is 1. The van der Waals surface area contributed by atoms with Gasteiger partial charge in [0.15, 0.2) is 0 Å². The largest absolute Gasteiger partial charge is 0.0758 e. The summed E-state index contributed by atoms with van der Waals surface area (Å²) in [4.78, 5) is 0. The summed E-state index contributed by atoms with van der Waals surface area (Å²) in [5.74, 6) is 0. The molecule has 0 aliphatic heterocycles. The van der Waals surface area contributed by atoms with Crippen LogP contribution in [-0.4, -0.2) is 0 Å². The van der Waals surface area contributed by atoms with Crippen LogP contribution in [-0.2, 0) is 0 Å². The molecular weight excluding hydrogens is 132 g/mol. The molecular formula is C11H14. The highest BCUT2D eigenvalue weighted by Gasteiger charge is 1.86. The van der Waals surface area contributed by atoms with Crippen LogP contribution < -0.4 is 0 Å². The average molecular weight is 146 g/mol. The highest BCUT2D eigenvalue weighted by atomic mass is 13.9. The fourth-order valence-electron chi connectivity index (χ4n) is 0.996. The monoisotopic (exact) mass is 146 g/mol. The van der Waals surface area contributed by atoms with E-state index >= 15 is 0 Å². The van der Waals surface area contributed by atoms with Gasteiger partial charge in [0.1, 0.15) is 0 Å². The lowest BCUT2D eigenvalue weighted by atomic mass is 10.1. The minimum Gasteiger partial charge on any atom is -0.0758 e. The SMILES string of the molecule is CC(C)=Cc1ccc(C)cc1. The predicted molar refractivity (Wildman–Crippen MR) is 50.5 cm³/mol. The summed E-state index contributed by atoms with van der Waals surface area (Å²) >= 11 is 0. The Bertz CT molecular complexity index is 248. The Labute approximate surface area is 68.6 Å². The van der Waals surface area contributed by atoms with Crippen molar-refractivity contribution in [3.63, 3.8) is 0 Å². The zero-order valence-corrected chi connectivity index (χ0v) is 7.39. The molecule has 1 aromatic rings. The van der Waals surface area contributed by atoms with Gasteiger partial charge in [-0.25, -0.2) is 0 Å². The third kappa shape index (κ3) is 2.58. The number of hydrogen-bond acceptors (Lipinski definition) is 0. The normalized spacial score (nSPS) is 9.36. The molecule has 11 heavy (non-hydrogen) atoms. The summed E-state index contributed by atoms with van der Waals surface area (Å²) in [6, 6.07) is 8.55. The van der Waals surface area contributed by atoms with E-state index in [0.717, 1.165) is 0 Å². The van der Waals surface area contributed by atoms with Gasteiger partial charge in [-0.2, -0.15) is 0 Å². The maximum Gasteiger partial charge on any atom is -0.0257 e. The van der Waals surface area contributed by atoms with E-state index in [1.807, 2.05) is 0 Å². The zero-order valence-electron chi connectivity index (χ0n) is 7.39. The van der Waals surface area contributed by atoms with Gasteiger partial charge in [-0.1, -0.05) is 41.5 Å². The van der Waals surface area contributed by atoms with E-state index in [9.17, 15) is 0 Å². The summed E-state index contributed by atoms with van der Waals surface area (Å²) in [5.41, 5.74) is 3.94. The molecule has 0 fully saturated rings. The van der Waals surface area contributed by atoms with Crippen LogP contribution in [0.5, 0.6) is 0 Å². The van der Waals surface area contributed by atoms with E-state index in [4.69, 9.17) is 0 Å². The first kappa shape index (κ1) is 8.06. The van der Waals surface area contributed by atoms with Crippen molar-refractivity contribution in [1.29, 1.82) is 0 Å². The number of benzene rings is 1. The Balaban J connectivity index is 2.91. The van der Waals surface area contributed by atoms with E-state index in [2.05, 4.69) is 51.1 Å². The number of allylic oxidation sites excluding steroid dienone is 1. The summed E-state index contributed by atoms with van der Waals surface area (Å²) in [7, 11) is 0. The Kier molecular flexibility index (Phi) is 2.48. The van der Waals surface area contributed by atoms with Gasteiger partial charge in [0.2, 0.25) is 0 Å². The maximum absolute atomic E-state index is 2.18. The zero-order chi connectivity index (χ0) is 8.27. The molecule has 0 amide bonds. The maximum atomic E-state index is 2.18. The lowest BCUT2D eigenvalue weighted by Crippen LogP contribution is -1.74. The second kappa shape index (κ2) is 3.38.